The molecule has 0 aromatic heterocycles. The first kappa shape index (κ1) is 12.8. The molecule has 0 aliphatic carbocycles. The Morgan fingerprint density at radius 3 is 2.29 bits per heavy atom. The van der Waals surface area contributed by atoms with Gasteiger partial charge in [0.1, 0.15) is 12.7 Å². The minimum atomic E-state index is -0.0665. The average molecular weight is 241 g/mol. The smallest absolute Gasteiger partial charge is 0.309 e. The molecule has 1 N–H and O–H groups in total. The SMILES string of the molecule is CC1(C)CC(C(=O)OCC2CO2)CC(C)(C)N1. The van der Waals surface area contributed by atoms with Crippen LogP contribution in [-0.4, -0.2) is 36.4 Å². The number of hydrogen-bond donors (Lipinski definition) is 1. The molecule has 2 aliphatic heterocycles. The van der Waals surface area contributed by atoms with E-state index in [0.717, 1.165) is 19.4 Å². The van der Waals surface area contributed by atoms with E-state index in [9.17, 15) is 4.79 Å². The summed E-state index contributed by atoms with van der Waals surface area (Å²) in [6, 6.07) is 0. The highest BCUT2D eigenvalue weighted by molar-refractivity contribution is 5.73. The van der Waals surface area contributed by atoms with E-state index < -0.39 is 0 Å². The molecule has 1 unspecified atom stereocenters. The summed E-state index contributed by atoms with van der Waals surface area (Å²) >= 11 is 0. The molecule has 0 aromatic rings. The molecule has 98 valence electrons. The van der Waals surface area contributed by atoms with Gasteiger partial charge in [0, 0.05) is 11.1 Å². The molecule has 0 saturated carbocycles. The van der Waals surface area contributed by atoms with Crippen molar-refractivity contribution in [2.45, 2.75) is 57.7 Å². The Labute approximate surface area is 103 Å². The van der Waals surface area contributed by atoms with Crippen LogP contribution in [0.5, 0.6) is 0 Å². The predicted molar refractivity (Wildman–Crippen MR) is 64.7 cm³/mol. The number of carbonyl (C=O) groups is 1. The van der Waals surface area contributed by atoms with Crippen LogP contribution in [0.2, 0.25) is 0 Å². The van der Waals surface area contributed by atoms with Crippen molar-refractivity contribution in [1.82, 2.24) is 5.32 Å². The van der Waals surface area contributed by atoms with Gasteiger partial charge < -0.3 is 14.8 Å². The minimum absolute atomic E-state index is 0.000000000000000444. The number of esters is 1. The zero-order valence-electron chi connectivity index (χ0n) is 11.2. The van der Waals surface area contributed by atoms with Gasteiger partial charge in [-0.25, -0.2) is 0 Å². The quantitative estimate of drug-likeness (QED) is 0.601. The fraction of sp³-hybridized carbons (Fsp3) is 0.923. The van der Waals surface area contributed by atoms with Crippen molar-refractivity contribution in [1.29, 1.82) is 0 Å². The van der Waals surface area contributed by atoms with Gasteiger partial charge in [-0.15, -0.1) is 0 Å². The Hall–Kier alpha value is -0.610. The van der Waals surface area contributed by atoms with Crippen LogP contribution in [0.4, 0.5) is 0 Å². The van der Waals surface area contributed by atoms with Gasteiger partial charge in [-0.3, -0.25) is 4.79 Å². The van der Waals surface area contributed by atoms with Crippen LogP contribution >= 0.6 is 0 Å². The van der Waals surface area contributed by atoms with Gasteiger partial charge in [0.25, 0.3) is 0 Å². The van der Waals surface area contributed by atoms with Crippen LogP contribution in [-0.2, 0) is 14.3 Å². The van der Waals surface area contributed by atoms with E-state index in [1.165, 1.54) is 0 Å². The number of epoxide rings is 1. The Kier molecular flexibility index (Phi) is 3.21. The van der Waals surface area contributed by atoms with Crippen molar-refractivity contribution in [2.24, 2.45) is 5.92 Å². The van der Waals surface area contributed by atoms with Crippen LogP contribution < -0.4 is 5.32 Å². The van der Waals surface area contributed by atoms with Crippen molar-refractivity contribution in [3.8, 4) is 0 Å². The molecule has 1 atom stereocenters. The van der Waals surface area contributed by atoms with E-state index in [4.69, 9.17) is 9.47 Å². The molecule has 2 rings (SSSR count). The highest BCUT2D eigenvalue weighted by atomic mass is 16.6. The van der Waals surface area contributed by atoms with Crippen molar-refractivity contribution in [3.05, 3.63) is 0 Å². The highest BCUT2D eigenvalue weighted by Gasteiger charge is 2.41. The summed E-state index contributed by atoms with van der Waals surface area (Å²) in [6.45, 7) is 9.70. The van der Waals surface area contributed by atoms with Crippen LogP contribution in [0.1, 0.15) is 40.5 Å². The van der Waals surface area contributed by atoms with Crippen LogP contribution in [0, 0.1) is 5.92 Å². The molecular weight excluding hydrogens is 218 g/mol. The number of ether oxygens (including phenoxy) is 2. The third-order valence-corrected chi connectivity index (χ3v) is 3.34. The Morgan fingerprint density at radius 2 is 1.82 bits per heavy atom. The lowest BCUT2D eigenvalue weighted by Gasteiger charge is -2.45. The van der Waals surface area contributed by atoms with Gasteiger partial charge >= 0.3 is 5.97 Å². The van der Waals surface area contributed by atoms with E-state index in [-0.39, 0.29) is 29.1 Å². The maximum absolute atomic E-state index is 12.0. The van der Waals surface area contributed by atoms with Gasteiger partial charge in [0.2, 0.25) is 0 Å². The van der Waals surface area contributed by atoms with E-state index in [2.05, 4.69) is 33.0 Å². The van der Waals surface area contributed by atoms with Gasteiger partial charge in [0.15, 0.2) is 0 Å². The third kappa shape index (κ3) is 3.68. The molecule has 0 aromatic carbocycles. The van der Waals surface area contributed by atoms with E-state index in [1.807, 2.05) is 0 Å². The van der Waals surface area contributed by atoms with E-state index in [0.29, 0.717) is 6.61 Å². The first-order valence-corrected chi connectivity index (χ1v) is 6.35. The second-order valence-corrected chi connectivity index (χ2v) is 6.58. The fourth-order valence-electron chi connectivity index (χ4n) is 2.95. The summed E-state index contributed by atoms with van der Waals surface area (Å²) in [5.41, 5.74) is -0.0248. The summed E-state index contributed by atoms with van der Waals surface area (Å²) in [6.07, 6.45) is 1.82. The van der Waals surface area contributed by atoms with Gasteiger partial charge in [0.05, 0.1) is 12.5 Å². The topological polar surface area (TPSA) is 50.9 Å². The lowest BCUT2D eigenvalue weighted by Crippen LogP contribution is -2.59. The van der Waals surface area contributed by atoms with E-state index >= 15 is 0 Å². The van der Waals surface area contributed by atoms with Crippen molar-refractivity contribution in [2.75, 3.05) is 13.2 Å². The second kappa shape index (κ2) is 4.25. The Balaban J connectivity index is 1.91. The van der Waals surface area contributed by atoms with Crippen LogP contribution in [0.25, 0.3) is 0 Å². The molecule has 2 fully saturated rings. The molecule has 4 nitrogen and oxygen atoms in total. The zero-order valence-corrected chi connectivity index (χ0v) is 11.2. The van der Waals surface area contributed by atoms with Crippen LogP contribution in [0.15, 0.2) is 0 Å². The summed E-state index contributed by atoms with van der Waals surface area (Å²) in [7, 11) is 0. The lowest BCUT2D eigenvalue weighted by molar-refractivity contribution is -0.152. The first-order chi connectivity index (χ1) is 7.77. The van der Waals surface area contributed by atoms with Gasteiger partial charge in [-0.1, -0.05) is 0 Å². The van der Waals surface area contributed by atoms with Crippen molar-refractivity contribution < 1.29 is 14.3 Å². The summed E-state index contributed by atoms with van der Waals surface area (Å²) < 4.78 is 10.3. The number of nitrogens with one attached hydrogen (secondary N) is 1. The number of piperidine rings is 1. The summed E-state index contributed by atoms with van der Waals surface area (Å²) in [5.74, 6) is -0.0665. The standard InChI is InChI=1S/C13H23NO3/c1-12(2)5-9(6-13(3,4)14-12)11(15)17-8-10-7-16-10/h9-10,14H,5-8H2,1-4H3. The molecule has 2 aliphatic rings. The highest BCUT2D eigenvalue weighted by Crippen LogP contribution is 2.33. The number of carbonyl (C=O) groups excluding carboxylic acids is 1. The number of rotatable bonds is 3. The largest absolute Gasteiger partial charge is 0.463 e. The molecule has 2 heterocycles. The maximum Gasteiger partial charge on any atom is 0.309 e. The zero-order chi connectivity index (χ0) is 12.7. The summed E-state index contributed by atoms with van der Waals surface area (Å²) in [4.78, 5) is 12.0. The maximum atomic E-state index is 12.0. The van der Waals surface area contributed by atoms with Gasteiger partial charge in [-0.2, -0.15) is 0 Å². The molecule has 4 heteroatoms. The van der Waals surface area contributed by atoms with E-state index in [1.54, 1.807) is 0 Å². The van der Waals surface area contributed by atoms with Gasteiger partial charge in [-0.05, 0) is 40.5 Å². The van der Waals surface area contributed by atoms with Crippen LogP contribution in [0.3, 0.4) is 0 Å². The Bertz CT molecular complexity index is 292. The molecule has 0 radical (unpaired) electrons. The fourth-order valence-corrected chi connectivity index (χ4v) is 2.95. The third-order valence-electron chi connectivity index (χ3n) is 3.34. The monoisotopic (exact) mass is 241 g/mol. The predicted octanol–water partition coefficient (Wildman–Crippen LogP) is 1.49. The first-order valence-electron chi connectivity index (χ1n) is 6.35. The molecule has 17 heavy (non-hydrogen) atoms. The molecule has 2 saturated heterocycles. The normalized spacial score (nSPS) is 30.9. The lowest BCUT2D eigenvalue weighted by atomic mass is 9.76. The minimum Gasteiger partial charge on any atom is -0.463 e. The molecule has 0 spiro atoms. The van der Waals surface area contributed by atoms with Crippen molar-refractivity contribution in [3.63, 3.8) is 0 Å². The molecule has 0 bridgehead atoms. The van der Waals surface area contributed by atoms with Crippen molar-refractivity contribution >= 4 is 5.97 Å². The average Bonchev–Trinajstić information content (AvgIpc) is 2.92. The molecule has 0 amide bonds. The second-order valence-electron chi connectivity index (χ2n) is 6.58. The summed E-state index contributed by atoms with van der Waals surface area (Å²) in [5, 5.41) is 3.56. The Morgan fingerprint density at radius 1 is 1.29 bits per heavy atom. The molecular formula is C13H23NO3. The number of hydrogen-bond acceptors (Lipinski definition) is 4.